The van der Waals surface area contributed by atoms with E-state index in [2.05, 4.69) is 9.39 Å². The molecule has 1 aliphatic heterocycles. The first-order valence-corrected chi connectivity index (χ1v) is 13.4. The molecule has 4 rings (SSSR count). The van der Waals surface area contributed by atoms with Gasteiger partial charge in [-0.15, -0.1) is 4.40 Å². The lowest BCUT2D eigenvalue weighted by Crippen LogP contribution is -2.38. The number of halogens is 2. The molecule has 186 valence electrons. The van der Waals surface area contributed by atoms with Crippen molar-refractivity contribution in [2.45, 2.75) is 30.7 Å². The van der Waals surface area contributed by atoms with Crippen LogP contribution >= 0.6 is 23.2 Å². The Kier molecular flexibility index (Phi) is 7.78. The summed E-state index contributed by atoms with van der Waals surface area (Å²) < 4.78 is 30.5. The number of hydrogen-bond donors (Lipinski definition) is 1. The third-order valence-corrected chi connectivity index (χ3v) is 7.23. The SMILES string of the molecule is CC(C)N=C(N)C(=NS(=O)(=O)c1ccc(Cl)cc1)N1CC(c2ccccc2)C(c2ccc(Cl)cc2)=N1. The van der Waals surface area contributed by atoms with E-state index in [0.717, 1.165) is 16.8 Å². The third-order valence-electron chi connectivity index (χ3n) is 5.44. The Morgan fingerprint density at radius 1 is 0.972 bits per heavy atom. The maximum atomic E-state index is 13.2. The molecule has 2 N–H and O–H groups in total. The molecule has 0 aromatic heterocycles. The first-order chi connectivity index (χ1) is 17.1. The highest BCUT2D eigenvalue weighted by atomic mass is 35.5. The van der Waals surface area contributed by atoms with Crippen molar-refractivity contribution in [1.29, 1.82) is 0 Å². The Balaban J connectivity index is 1.84. The summed E-state index contributed by atoms with van der Waals surface area (Å²) in [7, 11) is -4.12. The second kappa shape index (κ2) is 10.8. The van der Waals surface area contributed by atoms with Crippen LogP contribution in [0, 0.1) is 0 Å². The quantitative estimate of drug-likeness (QED) is 0.347. The number of amidine groups is 2. The fourth-order valence-corrected chi connectivity index (χ4v) is 5.05. The molecule has 1 unspecified atom stereocenters. The fraction of sp³-hybridized carbons (Fsp3) is 0.192. The van der Waals surface area contributed by atoms with Crippen LogP contribution in [-0.4, -0.2) is 43.4 Å². The van der Waals surface area contributed by atoms with Crippen molar-refractivity contribution in [3.8, 4) is 0 Å². The van der Waals surface area contributed by atoms with Gasteiger partial charge in [0.15, 0.2) is 5.84 Å². The molecular weight excluding hydrogens is 517 g/mol. The number of nitrogens with zero attached hydrogens (tertiary/aromatic N) is 4. The van der Waals surface area contributed by atoms with Crippen LogP contribution in [0.15, 0.2) is 98.2 Å². The second-order valence-electron chi connectivity index (χ2n) is 8.49. The van der Waals surface area contributed by atoms with Crippen LogP contribution in [0.1, 0.15) is 30.9 Å². The fourth-order valence-electron chi connectivity index (χ4n) is 3.80. The molecule has 10 heteroatoms. The Bertz CT molecular complexity index is 1420. The number of sulfonamides is 1. The van der Waals surface area contributed by atoms with Crippen molar-refractivity contribution in [2.75, 3.05) is 6.54 Å². The van der Waals surface area contributed by atoms with Gasteiger partial charge in [0.05, 0.1) is 17.2 Å². The number of nitrogens with two attached hydrogens (primary N) is 1. The van der Waals surface area contributed by atoms with E-state index in [1.165, 1.54) is 29.3 Å². The number of hydrogen-bond acceptors (Lipinski definition) is 4. The summed E-state index contributed by atoms with van der Waals surface area (Å²) in [5.74, 6) is -0.221. The molecule has 0 amide bonds. The Morgan fingerprint density at radius 3 is 2.14 bits per heavy atom. The summed E-state index contributed by atoms with van der Waals surface area (Å²) in [6.07, 6.45) is 0. The first kappa shape index (κ1) is 25.9. The van der Waals surface area contributed by atoms with E-state index in [1.54, 1.807) is 12.1 Å². The van der Waals surface area contributed by atoms with E-state index < -0.39 is 10.0 Å². The predicted molar refractivity (Wildman–Crippen MR) is 147 cm³/mol. The summed E-state index contributed by atoms with van der Waals surface area (Å²) in [4.78, 5) is 4.36. The number of benzene rings is 3. The zero-order valence-corrected chi connectivity index (χ0v) is 22.0. The smallest absolute Gasteiger partial charge is 0.284 e. The van der Waals surface area contributed by atoms with Gasteiger partial charge in [-0.1, -0.05) is 65.7 Å². The van der Waals surface area contributed by atoms with Gasteiger partial charge in [0.25, 0.3) is 10.0 Å². The Hall–Kier alpha value is -3.20. The molecule has 1 atom stereocenters. The lowest BCUT2D eigenvalue weighted by Gasteiger charge is -2.18. The van der Waals surface area contributed by atoms with Gasteiger partial charge in [-0.05, 0) is 61.4 Å². The van der Waals surface area contributed by atoms with Gasteiger partial charge in [-0.25, -0.2) is 5.01 Å². The van der Waals surface area contributed by atoms with E-state index >= 15 is 0 Å². The highest BCUT2D eigenvalue weighted by Crippen LogP contribution is 2.30. The average molecular weight is 542 g/mol. The minimum Gasteiger partial charge on any atom is -0.381 e. The molecule has 36 heavy (non-hydrogen) atoms. The van der Waals surface area contributed by atoms with E-state index in [1.807, 2.05) is 56.3 Å². The van der Waals surface area contributed by atoms with Gasteiger partial charge in [0, 0.05) is 22.0 Å². The lowest BCUT2D eigenvalue weighted by molar-refractivity contribution is 0.480. The summed E-state index contributed by atoms with van der Waals surface area (Å²) in [6.45, 7) is 4.01. The topological polar surface area (TPSA) is 100 Å². The number of hydrazone groups is 1. The molecule has 0 bridgehead atoms. The monoisotopic (exact) mass is 541 g/mol. The summed E-state index contributed by atoms with van der Waals surface area (Å²) in [6, 6.07) is 22.8. The van der Waals surface area contributed by atoms with Crippen LogP contribution in [0.4, 0.5) is 0 Å². The van der Waals surface area contributed by atoms with Crippen molar-refractivity contribution in [3.63, 3.8) is 0 Å². The van der Waals surface area contributed by atoms with Gasteiger partial charge >= 0.3 is 0 Å². The highest BCUT2D eigenvalue weighted by Gasteiger charge is 2.33. The van der Waals surface area contributed by atoms with E-state index in [0.29, 0.717) is 16.6 Å². The van der Waals surface area contributed by atoms with Crippen LogP contribution in [0.25, 0.3) is 0 Å². The molecule has 7 nitrogen and oxygen atoms in total. The third kappa shape index (κ3) is 5.95. The minimum absolute atomic E-state index is 0.0116. The van der Waals surface area contributed by atoms with Gasteiger partial charge in [-0.3, -0.25) is 4.99 Å². The first-order valence-electron chi connectivity index (χ1n) is 11.2. The summed E-state index contributed by atoms with van der Waals surface area (Å²) in [5, 5.41) is 7.33. The van der Waals surface area contributed by atoms with Crippen molar-refractivity contribution < 1.29 is 8.42 Å². The van der Waals surface area contributed by atoms with E-state index in [9.17, 15) is 8.42 Å². The molecule has 1 heterocycles. The van der Waals surface area contributed by atoms with Crippen LogP contribution in [0.3, 0.4) is 0 Å². The highest BCUT2D eigenvalue weighted by molar-refractivity contribution is 7.90. The maximum Gasteiger partial charge on any atom is 0.284 e. The summed E-state index contributed by atoms with van der Waals surface area (Å²) in [5.41, 5.74) is 8.92. The molecular formula is C26H25Cl2N5O2S. The van der Waals surface area contributed by atoms with Crippen molar-refractivity contribution in [3.05, 3.63) is 100 Å². The molecule has 0 fully saturated rings. The largest absolute Gasteiger partial charge is 0.381 e. The molecule has 3 aromatic rings. The van der Waals surface area contributed by atoms with Gasteiger partial charge in [-0.2, -0.15) is 13.5 Å². The number of rotatable bonds is 5. The van der Waals surface area contributed by atoms with Gasteiger partial charge in [0.2, 0.25) is 5.84 Å². The van der Waals surface area contributed by atoms with Gasteiger partial charge in [0.1, 0.15) is 0 Å². The van der Waals surface area contributed by atoms with Crippen LogP contribution in [-0.2, 0) is 10.0 Å². The van der Waals surface area contributed by atoms with Crippen LogP contribution in [0.5, 0.6) is 0 Å². The molecule has 0 saturated carbocycles. The van der Waals surface area contributed by atoms with Crippen molar-refractivity contribution in [1.82, 2.24) is 5.01 Å². The normalized spacial score (nSPS) is 17.0. The van der Waals surface area contributed by atoms with Gasteiger partial charge < -0.3 is 5.73 Å². The zero-order chi connectivity index (χ0) is 25.9. The van der Waals surface area contributed by atoms with Crippen molar-refractivity contribution in [2.24, 2.45) is 20.2 Å². The second-order valence-corrected chi connectivity index (χ2v) is 11.0. The van der Waals surface area contributed by atoms with Crippen LogP contribution in [0.2, 0.25) is 10.0 Å². The maximum absolute atomic E-state index is 13.2. The molecule has 3 aromatic carbocycles. The predicted octanol–water partition coefficient (Wildman–Crippen LogP) is 5.35. The van der Waals surface area contributed by atoms with E-state index in [-0.39, 0.29) is 28.5 Å². The molecule has 0 aliphatic carbocycles. The standard InChI is InChI=1S/C26H25Cl2N5O2S/c1-17(2)30-25(29)26(32-36(34,35)22-14-12-21(28)13-15-22)33-16-23(18-6-4-3-5-7-18)24(31-33)19-8-10-20(27)11-9-19/h3-15,17,23H,16H2,1-2H3,(H2,29,30). The average Bonchev–Trinajstić information content (AvgIpc) is 3.28. The number of aliphatic imine (C=N–C) groups is 1. The summed E-state index contributed by atoms with van der Waals surface area (Å²) >= 11 is 12.0. The molecule has 1 aliphatic rings. The van der Waals surface area contributed by atoms with E-state index in [4.69, 9.17) is 34.0 Å². The Labute approximate surface area is 221 Å². The lowest BCUT2D eigenvalue weighted by atomic mass is 9.91. The molecule has 0 spiro atoms. The Morgan fingerprint density at radius 2 is 1.56 bits per heavy atom. The van der Waals surface area contributed by atoms with Crippen molar-refractivity contribution >= 4 is 50.6 Å². The van der Waals surface area contributed by atoms with Crippen LogP contribution < -0.4 is 5.73 Å². The molecule has 0 saturated heterocycles. The molecule has 0 radical (unpaired) electrons. The minimum atomic E-state index is -4.12. The zero-order valence-electron chi connectivity index (χ0n) is 19.7.